The summed E-state index contributed by atoms with van der Waals surface area (Å²) in [5.41, 5.74) is 7.35. The maximum atomic E-state index is 12.1. The van der Waals surface area contributed by atoms with Crippen molar-refractivity contribution in [1.82, 2.24) is 0 Å². The van der Waals surface area contributed by atoms with Crippen molar-refractivity contribution >= 4 is 28.8 Å². The smallest absolute Gasteiger partial charge is 0.340 e. The quantitative estimate of drug-likeness (QED) is 0.865. The van der Waals surface area contributed by atoms with E-state index in [2.05, 4.69) is 19.9 Å². The molecule has 5 heteroatoms. The third kappa shape index (κ3) is 2.08. The number of hydrogen-bond donors (Lipinski definition) is 1. The first kappa shape index (κ1) is 13.8. The summed E-state index contributed by atoms with van der Waals surface area (Å²) in [6.45, 7) is 8.06. The zero-order chi connectivity index (χ0) is 14.4. The molecule has 0 bridgehead atoms. The van der Waals surface area contributed by atoms with E-state index in [0.29, 0.717) is 10.4 Å². The Kier molecular flexibility index (Phi) is 3.26. The van der Waals surface area contributed by atoms with Crippen molar-refractivity contribution in [2.75, 3.05) is 6.61 Å². The van der Waals surface area contributed by atoms with Gasteiger partial charge in [0.2, 0.25) is 0 Å². The second kappa shape index (κ2) is 4.49. The largest absolute Gasteiger partial charge is 0.462 e. The number of amides is 1. The molecule has 0 radical (unpaired) electrons. The summed E-state index contributed by atoms with van der Waals surface area (Å²) in [6, 6.07) is 0. The highest BCUT2D eigenvalue weighted by Crippen LogP contribution is 2.47. The van der Waals surface area contributed by atoms with Crippen LogP contribution in [0, 0.1) is 0 Å². The highest BCUT2D eigenvalue weighted by atomic mass is 32.1. The predicted molar refractivity (Wildman–Crippen MR) is 75.5 cm³/mol. The first-order valence-corrected chi connectivity index (χ1v) is 6.95. The fourth-order valence-electron chi connectivity index (χ4n) is 2.51. The lowest BCUT2D eigenvalue weighted by Crippen LogP contribution is -2.16. The summed E-state index contributed by atoms with van der Waals surface area (Å²) in [6.07, 6.45) is 2.10. The average Bonchev–Trinajstić information content (AvgIpc) is 2.77. The fourth-order valence-corrected chi connectivity index (χ4v) is 3.79. The number of carbonyl (C=O) groups is 2. The van der Waals surface area contributed by atoms with Crippen LogP contribution in [0.1, 0.15) is 58.2 Å². The molecule has 2 rings (SSSR count). The Labute approximate surface area is 116 Å². The van der Waals surface area contributed by atoms with Gasteiger partial charge in [0.1, 0.15) is 4.88 Å². The number of esters is 1. The first-order chi connectivity index (χ1) is 8.79. The van der Waals surface area contributed by atoms with Gasteiger partial charge in [-0.25, -0.2) is 4.79 Å². The molecule has 0 saturated heterocycles. The zero-order valence-corrected chi connectivity index (χ0v) is 12.3. The number of carbonyl (C=O) groups excluding carboxylic acids is 2. The van der Waals surface area contributed by atoms with Crippen molar-refractivity contribution in [2.45, 2.75) is 33.1 Å². The van der Waals surface area contributed by atoms with Crippen LogP contribution in [0.2, 0.25) is 0 Å². The van der Waals surface area contributed by atoms with Crippen LogP contribution in [0.15, 0.2) is 6.08 Å². The number of nitrogens with two attached hydrogens (primary N) is 1. The van der Waals surface area contributed by atoms with Crippen molar-refractivity contribution in [1.29, 1.82) is 0 Å². The van der Waals surface area contributed by atoms with Gasteiger partial charge in [0, 0.05) is 15.9 Å². The van der Waals surface area contributed by atoms with Gasteiger partial charge in [-0.2, -0.15) is 0 Å². The van der Waals surface area contributed by atoms with Gasteiger partial charge >= 0.3 is 5.97 Å². The number of rotatable bonds is 3. The maximum Gasteiger partial charge on any atom is 0.340 e. The van der Waals surface area contributed by atoms with E-state index in [4.69, 9.17) is 10.5 Å². The molecule has 0 aromatic carbocycles. The number of ether oxygens (including phenoxy) is 1. The van der Waals surface area contributed by atoms with E-state index in [1.807, 2.05) is 6.92 Å². The van der Waals surface area contributed by atoms with Crippen LogP contribution in [0.3, 0.4) is 0 Å². The summed E-state index contributed by atoms with van der Waals surface area (Å²) < 4.78 is 5.05. The van der Waals surface area contributed by atoms with Gasteiger partial charge in [0.25, 0.3) is 5.91 Å². The normalized spacial score (nSPS) is 15.9. The van der Waals surface area contributed by atoms with Gasteiger partial charge in [-0.15, -0.1) is 11.3 Å². The lowest BCUT2D eigenvalue weighted by molar-refractivity contribution is 0.0523. The minimum absolute atomic E-state index is 0.182. The highest BCUT2D eigenvalue weighted by molar-refractivity contribution is 7.15. The molecule has 1 aromatic heterocycles. The Morgan fingerprint density at radius 3 is 2.58 bits per heavy atom. The number of fused-ring (bicyclic) bond motifs is 1. The molecule has 1 aromatic rings. The Morgan fingerprint density at radius 1 is 1.42 bits per heavy atom. The van der Waals surface area contributed by atoms with Crippen molar-refractivity contribution in [2.24, 2.45) is 5.73 Å². The minimum atomic E-state index is -0.578. The Balaban J connectivity index is 2.69. The molecular weight excluding hydrogens is 262 g/mol. The average molecular weight is 279 g/mol. The van der Waals surface area contributed by atoms with Crippen LogP contribution in [-0.2, 0) is 10.2 Å². The minimum Gasteiger partial charge on any atom is -0.462 e. The molecule has 0 atom stereocenters. The summed E-state index contributed by atoms with van der Waals surface area (Å²) in [7, 11) is 0. The SMILES string of the molecule is CCOC(=O)c1c(C(N)=O)sc2c1C(C)=CC2(C)C. The molecule has 2 N–H and O–H groups in total. The Hall–Kier alpha value is -1.62. The van der Waals surface area contributed by atoms with Gasteiger partial charge in [0.05, 0.1) is 12.2 Å². The van der Waals surface area contributed by atoms with E-state index in [1.54, 1.807) is 6.92 Å². The van der Waals surface area contributed by atoms with Crippen molar-refractivity contribution in [3.8, 4) is 0 Å². The van der Waals surface area contributed by atoms with Crippen LogP contribution in [-0.4, -0.2) is 18.5 Å². The molecule has 1 aliphatic rings. The van der Waals surface area contributed by atoms with Crippen LogP contribution in [0.5, 0.6) is 0 Å². The Bertz CT molecular complexity index is 596. The molecule has 102 valence electrons. The Morgan fingerprint density at radius 2 is 2.05 bits per heavy atom. The van der Waals surface area contributed by atoms with Gasteiger partial charge < -0.3 is 10.5 Å². The number of hydrogen-bond acceptors (Lipinski definition) is 4. The van der Waals surface area contributed by atoms with E-state index in [9.17, 15) is 9.59 Å². The topological polar surface area (TPSA) is 69.4 Å². The lowest BCUT2D eigenvalue weighted by atomic mass is 9.94. The van der Waals surface area contributed by atoms with Crippen molar-refractivity contribution in [3.05, 3.63) is 27.0 Å². The van der Waals surface area contributed by atoms with Crippen LogP contribution >= 0.6 is 11.3 Å². The first-order valence-electron chi connectivity index (χ1n) is 6.13. The van der Waals surface area contributed by atoms with E-state index in [0.717, 1.165) is 16.0 Å². The fraction of sp³-hybridized carbons (Fsp3) is 0.429. The molecule has 0 aliphatic heterocycles. The molecule has 4 nitrogen and oxygen atoms in total. The maximum absolute atomic E-state index is 12.1. The van der Waals surface area contributed by atoms with Gasteiger partial charge in [-0.05, 0) is 19.4 Å². The second-order valence-electron chi connectivity index (χ2n) is 5.14. The van der Waals surface area contributed by atoms with E-state index in [1.165, 1.54) is 11.3 Å². The lowest BCUT2D eigenvalue weighted by Gasteiger charge is -2.13. The molecule has 1 heterocycles. The van der Waals surface area contributed by atoms with E-state index < -0.39 is 11.9 Å². The van der Waals surface area contributed by atoms with Gasteiger partial charge in [-0.3, -0.25) is 4.79 Å². The zero-order valence-electron chi connectivity index (χ0n) is 11.5. The van der Waals surface area contributed by atoms with Gasteiger partial charge in [0.15, 0.2) is 0 Å². The predicted octanol–water partition coefficient (Wildman–Crippen LogP) is 2.72. The molecule has 1 amide bonds. The number of primary amides is 1. The summed E-state index contributed by atoms with van der Waals surface area (Å²) in [5.74, 6) is -1.05. The third-order valence-corrected chi connectivity index (χ3v) is 4.71. The molecule has 0 fully saturated rings. The molecule has 1 aliphatic carbocycles. The second-order valence-corrected chi connectivity index (χ2v) is 6.16. The van der Waals surface area contributed by atoms with Crippen LogP contribution in [0.25, 0.3) is 5.57 Å². The standard InChI is InChI=1S/C14H17NO3S/c1-5-18-13(17)9-8-7(2)6-14(3,4)11(8)19-10(9)12(15)16/h6H,5H2,1-4H3,(H2,15,16). The number of allylic oxidation sites excluding steroid dienone is 2. The summed E-state index contributed by atoms with van der Waals surface area (Å²) >= 11 is 1.29. The monoisotopic (exact) mass is 279 g/mol. The third-order valence-electron chi connectivity index (χ3n) is 3.17. The number of thiophene rings is 1. The molecule has 19 heavy (non-hydrogen) atoms. The molecular formula is C14H17NO3S. The molecule has 0 unspecified atom stereocenters. The van der Waals surface area contributed by atoms with Crippen molar-refractivity contribution < 1.29 is 14.3 Å². The summed E-state index contributed by atoms with van der Waals surface area (Å²) in [4.78, 5) is 25.0. The summed E-state index contributed by atoms with van der Waals surface area (Å²) in [5, 5.41) is 0. The van der Waals surface area contributed by atoms with Crippen molar-refractivity contribution in [3.63, 3.8) is 0 Å². The highest BCUT2D eigenvalue weighted by Gasteiger charge is 2.37. The van der Waals surface area contributed by atoms with E-state index >= 15 is 0 Å². The van der Waals surface area contributed by atoms with Gasteiger partial charge in [-0.1, -0.05) is 19.9 Å². The molecule has 0 spiro atoms. The molecule has 0 saturated carbocycles. The van der Waals surface area contributed by atoms with E-state index in [-0.39, 0.29) is 12.0 Å². The van der Waals surface area contributed by atoms with Crippen LogP contribution in [0.4, 0.5) is 0 Å². The van der Waals surface area contributed by atoms with Crippen LogP contribution < -0.4 is 5.73 Å².